The van der Waals surface area contributed by atoms with Crippen molar-refractivity contribution in [2.45, 2.75) is 18.6 Å². The second-order valence-corrected chi connectivity index (χ2v) is 5.45. The molecule has 0 fully saturated rings. The van der Waals surface area contributed by atoms with Gasteiger partial charge in [0.15, 0.2) is 0 Å². The highest BCUT2D eigenvalue weighted by Gasteiger charge is 2.30. The number of nitrogens with one attached hydrogen (secondary N) is 1. The quantitative estimate of drug-likeness (QED) is 0.752. The lowest BCUT2D eigenvalue weighted by atomic mass is 10.0. The lowest BCUT2D eigenvalue weighted by Crippen LogP contribution is -2.30. The lowest BCUT2D eigenvalue weighted by Gasteiger charge is -2.13. The van der Waals surface area contributed by atoms with Crippen molar-refractivity contribution in [2.75, 3.05) is 13.2 Å². The van der Waals surface area contributed by atoms with Gasteiger partial charge >= 0.3 is 6.18 Å². The number of carbonyl (C=O) groups excluding carboxylic acids is 1. The Morgan fingerprint density at radius 1 is 1.12 bits per heavy atom. The van der Waals surface area contributed by atoms with E-state index >= 15 is 0 Å². The molecule has 0 saturated heterocycles. The van der Waals surface area contributed by atoms with Gasteiger partial charge in [-0.15, -0.1) is 0 Å². The molecule has 0 heterocycles. The third-order valence-corrected chi connectivity index (χ3v) is 3.49. The van der Waals surface area contributed by atoms with Crippen LogP contribution >= 0.6 is 0 Å². The first kappa shape index (κ1) is 18.8. The highest BCUT2D eigenvalue weighted by Crippen LogP contribution is 2.31. The van der Waals surface area contributed by atoms with Crippen molar-refractivity contribution in [2.24, 2.45) is 5.73 Å². The van der Waals surface area contributed by atoms with Crippen molar-refractivity contribution >= 4 is 5.91 Å². The van der Waals surface area contributed by atoms with E-state index in [2.05, 4.69) is 5.32 Å². The zero-order valence-corrected chi connectivity index (χ0v) is 13.4. The summed E-state index contributed by atoms with van der Waals surface area (Å²) in [5.74, 6) is -0.144. The second kappa shape index (κ2) is 8.53. The van der Waals surface area contributed by atoms with E-state index in [0.717, 1.165) is 17.7 Å². The number of hydrogen-bond acceptors (Lipinski definition) is 3. The molecule has 2 rings (SSSR count). The largest absolute Gasteiger partial charge is 0.492 e. The summed E-state index contributed by atoms with van der Waals surface area (Å²) >= 11 is 0. The Balaban J connectivity index is 1.73. The fourth-order valence-corrected chi connectivity index (χ4v) is 2.21. The number of rotatable bonds is 7. The first-order valence-corrected chi connectivity index (χ1v) is 7.73. The smallest absolute Gasteiger partial charge is 0.416 e. The fraction of sp³-hybridized carbons (Fsp3) is 0.278. The summed E-state index contributed by atoms with van der Waals surface area (Å²) in [6.07, 6.45) is -4.30. The Bertz CT molecular complexity index is 690. The second-order valence-electron chi connectivity index (χ2n) is 5.45. The molecule has 0 bridgehead atoms. The Morgan fingerprint density at radius 3 is 2.52 bits per heavy atom. The van der Waals surface area contributed by atoms with Gasteiger partial charge < -0.3 is 15.8 Å². The van der Waals surface area contributed by atoms with Crippen LogP contribution in [0.25, 0.3) is 0 Å². The molecule has 2 aromatic rings. The van der Waals surface area contributed by atoms with Gasteiger partial charge in [0.05, 0.1) is 12.1 Å². The van der Waals surface area contributed by atoms with Crippen LogP contribution in [0.4, 0.5) is 13.2 Å². The Hall–Kier alpha value is -2.54. The molecule has 0 aliphatic carbocycles. The molecule has 25 heavy (non-hydrogen) atoms. The summed E-state index contributed by atoms with van der Waals surface area (Å²) in [5.41, 5.74) is 6.03. The Morgan fingerprint density at radius 2 is 1.84 bits per heavy atom. The van der Waals surface area contributed by atoms with Crippen molar-refractivity contribution in [3.05, 3.63) is 65.7 Å². The van der Waals surface area contributed by atoms with Crippen molar-refractivity contribution in [3.63, 3.8) is 0 Å². The van der Waals surface area contributed by atoms with Gasteiger partial charge in [-0.3, -0.25) is 4.79 Å². The van der Waals surface area contributed by atoms with E-state index in [-0.39, 0.29) is 31.2 Å². The summed E-state index contributed by atoms with van der Waals surface area (Å²) in [6.45, 7) is 0.240. The summed E-state index contributed by atoms with van der Waals surface area (Å²) in [5, 5.41) is 2.63. The molecule has 3 N–H and O–H groups in total. The molecule has 134 valence electrons. The molecule has 0 aromatic heterocycles. The first-order valence-electron chi connectivity index (χ1n) is 7.73. The van der Waals surface area contributed by atoms with Crippen LogP contribution in [0.2, 0.25) is 0 Å². The maximum absolute atomic E-state index is 12.6. The van der Waals surface area contributed by atoms with Crippen molar-refractivity contribution in [1.29, 1.82) is 0 Å². The molecule has 4 nitrogen and oxygen atoms in total. The molecule has 0 spiro atoms. The van der Waals surface area contributed by atoms with Gasteiger partial charge in [-0.1, -0.05) is 36.4 Å². The monoisotopic (exact) mass is 352 g/mol. The number of hydrogen-bond donors (Lipinski definition) is 2. The van der Waals surface area contributed by atoms with Crippen LogP contribution in [0.3, 0.4) is 0 Å². The molecule has 1 amide bonds. The molecule has 0 radical (unpaired) electrons. The number of alkyl halides is 3. The topological polar surface area (TPSA) is 64.4 Å². The molecular formula is C18H19F3N2O2. The van der Waals surface area contributed by atoms with Crippen LogP contribution in [0.1, 0.15) is 23.6 Å². The summed E-state index contributed by atoms with van der Waals surface area (Å²) in [4.78, 5) is 11.8. The van der Waals surface area contributed by atoms with E-state index in [0.29, 0.717) is 0 Å². The zero-order chi connectivity index (χ0) is 18.3. The van der Waals surface area contributed by atoms with Crippen molar-refractivity contribution < 1.29 is 22.7 Å². The van der Waals surface area contributed by atoms with E-state index in [4.69, 9.17) is 10.5 Å². The van der Waals surface area contributed by atoms with Crippen LogP contribution in [0, 0.1) is 0 Å². The van der Waals surface area contributed by atoms with E-state index in [1.54, 1.807) is 0 Å². The van der Waals surface area contributed by atoms with Gasteiger partial charge in [-0.05, 0) is 23.8 Å². The van der Waals surface area contributed by atoms with Crippen LogP contribution in [-0.4, -0.2) is 19.1 Å². The third kappa shape index (κ3) is 6.11. The zero-order valence-electron chi connectivity index (χ0n) is 13.4. The minimum atomic E-state index is -4.42. The van der Waals surface area contributed by atoms with Crippen molar-refractivity contribution in [3.8, 4) is 5.75 Å². The first-order chi connectivity index (χ1) is 11.9. The molecule has 0 aliphatic rings. The molecule has 0 saturated carbocycles. The van der Waals surface area contributed by atoms with Gasteiger partial charge in [-0.2, -0.15) is 13.2 Å². The molecule has 1 atom stereocenters. The molecular weight excluding hydrogens is 333 g/mol. The molecule has 2 aromatic carbocycles. The number of benzene rings is 2. The highest BCUT2D eigenvalue weighted by molar-refractivity contribution is 5.76. The maximum atomic E-state index is 12.6. The highest BCUT2D eigenvalue weighted by atomic mass is 19.4. The predicted molar refractivity (Wildman–Crippen MR) is 87.9 cm³/mol. The van der Waals surface area contributed by atoms with Crippen LogP contribution in [-0.2, 0) is 11.0 Å². The van der Waals surface area contributed by atoms with Gasteiger partial charge in [0.25, 0.3) is 0 Å². The average molecular weight is 352 g/mol. The summed E-state index contributed by atoms with van der Waals surface area (Å²) < 4.78 is 43.0. The maximum Gasteiger partial charge on any atom is 0.416 e. The molecule has 1 unspecified atom stereocenters. The lowest BCUT2D eigenvalue weighted by molar-refractivity contribution is -0.137. The standard InChI is InChI=1S/C18H19F3N2O2/c19-18(20,21)14-7-4-8-15(11-14)25-10-9-23-17(24)12-16(22)13-5-2-1-3-6-13/h1-8,11,16H,9-10,12,22H2,(H,23,24). The van der Waals surface area contributed by atoms with Gasteiger partial charge in [0, 0.05) is 12.5 Å². The average Bonchev–Trinajstić information content (AvgIpc) is 2.59. The number of halogens is 3. The van der Waals surface area contributed by atoms with Crippen LogP contribution in [0.15, 0.2) is 54.6 Å². The Labute approximate surface area is 143 Å². The van der Waals surface area contributed by atoms with E-state index in [1.807, 2.05) is 30.3 Å². The van der Waals surface area contributed by atoms with Crippen LogP contribution < -0.4 is 15.8 Å². The minimum Gasteiger partial charge on any atom is -0.492 e. The van der Waals surface area contributed by atoms with Gasteiger partial charge in [0.1, 0.15) is 12.4 Å². The summed E-state index contributed by atoms with van der Waals surface area (Å²) in [7, 11) is 0. The normalized spacial score (nSPS) is 12.5. The molecule has 0 aliphatic heterocycles. The third-order valence-electron chi connectivity index (χ3n) is 3.49. The van der Waals surface area contributed by atoms with E-state index in [1.165, 1.54) is 12.1 Å². The van der Waals surface area contributed by atoms with Gasteiger partial charge in [0.2, 0.25) is 5.91 Å². The number of amides is 1. The fourth-order valence-electron chi connectivity index (χ4n) is 2.21. The SMILES string of the molecule is NC(CC(=O)NCCOc1cccc(C(F)(F)F)c1)c1ccccc1. The molecule has 7 heteroatoms. The summed E-state index contributed by atoms with van der Waals surface area (Å²) in [6, 6.07) is 13.4. The number of carbonyl (C=O) groups is 1. The number of nitrogens with two attached hydrogens (primary N) is 1. The van der Waals surface area contributed by atoms with E-state index in [9.17, 15) is 18.0 Å². The minimum absolute atomic E-state index is 0.0631. The van der Waals surface area contributed by atoms with Gasteiger partial charge in [-0.25, -0.2) is 0 Å². The Kier molecular flexibility index (Phi) is 6.41. The number of ether oxygens (including phenoxy) is 1. The predicted octanol–water partition coefficient (Wildman–Crippen LogP) is 3.29. The van der Waals surface area contributed by atoms with Crippen molar-refractivity contribution in [1.82, 2.24) is 5.32 Å². The van der Waals surface area contributed by atoms with Crippen LogP contribution in [0.5, 0.6) is 5.75 Å². The van der Waals surface area contributed by atoms with E-state index < -0.39 is 17.8 Å².